The molecular weight excluding hydrogens is 250 g/mol. The third-order valence-corrected chi connectivity index (χ3v) is 3.43. The highest BCUT2D eigenvalue weighted by atomic mass is 16.5. The quantitative estimate of drug-likeness (QED) is 0.531. The second-order valence-electron chi connectivity index (χ2n) is 5.24. The molecule has 0 fully saturated rings. The molecule has 1 aromatic rings. The van der Waals surface area contributed by atoms with E-state index in [4.69, 9.17) is 4.74 Å². The van der Waals surface area contributed by atoms with Crippen LogP contribution < -0.4 is 5.32 Å². The molecule has 0 aliphatic heterocycles. The third-order valence-electron chi connectivity index (χ3n) is 3.43. The van der Waals surface area contributed by atoms with Crippen molar-refractivity contribution in [3.63, 3.8) is 0 Å². The molecule has 0 amide bonds. The maximum absolute atomic E-state index is 11.7. The van der Waals surface area contributed by atoms with Crippen LogP contribution in [0.3, 0.4) is 0 Å². The molecule has 0 aliphatic carbocycles. The fourth-order valence-electron chi connectivity index (χ4n) is 2.22. The second-order valence-corrected chi connectivity index (χ2v) is 5.24. The van der Waals surface area contributed by atoms with E-state index in [0.29, 0.717) is 5.56 Å². The highest BCUT2D eigenvalue weighted by Crippen LogP contribution is 2.18. The molecule has 20 heavy (non-hydrogen) atoms. The molecule has 0 aliphatic rings. The third kappa shape index (κ3) is 5.64. The fraction of sp³-hybridized carbons (Fsp3) is 0.588. The van der Waals surface area contributed by atoms with Crippen molar-refractivity contribution >= 4 is 11.7 Å². The van der Waals surface area contributed by atoms with Crippen molar-refractivity contribution in [3.8, 4) is 0 Å². The van der Waals surface area contributed by atoms with E-state index in [1.54, 1.807) is 0 Å². The molecule has 0 atom stereocenters. The van der Waals surface area contributed by atoms with E-state index < -0.39 is 0 Å². The van der Waals surface area contributed by atoms with Gasteiger partial charge in [-0.25, -0.2) is 4.79 Å². The summed E-state index contributed by atoms with van der Waals surface area (Å²) in [5.74, 6) is -0.279. The van der Waals surface area contributed by atoms with E-state index in [2.05, 4.69) is 12.2 Å². The topological polar surface area (TPSA) is 38.3 Å². The van der Waals surface area contributed by atoms with Gasteiger partial charge in [-0.3, -0.25) is 0 Å². The summed E-state index contributed by atoms with van der Waals surface area (Å²) < 4.78 is 4.82. The first-order chi connectivity index (χ1) is 9.69. The molecule has 1 aromatic carbocycles. The number of aryl methyl sites for hydroxylation is 1. The smallest absolute Gasteiger partial charge is 0.339 e. The molecular formula is C17H27NO2. The average molecular weight is 277 g/mol. The number of hydrogen-bond donors (Lipinski definition) is 1. The van der Waals surface area contributed by atoms with Gasteiger partial charge in [-0.1, -0.05) is 50.7 Å². The monoisotopic (exact) mass is 277 g/mol. The summed E-state index contributed by atoms with van der Waals surface area (Å²) in [5, 5.41) is 3.35. The van der Waals surface area contributed by atoms with Crippen LogP contribution >= 0.6 is 0 Å². The van der Waals surface area contributed by atoms with Crippen molar-refractivity contribution in [1.29, 1.82) is 0 Å². The van der Waals surface area contributed by atoms with E-state index in [-0.39, 0.29) is 5.97 Å². The summed E-state index contributed by atoms with van der Waals surface area (Å²) in [5.41, 5.74) is 2.56. The number of anilines is 1. The number of unbranched alkanes of at least 4 members (excludes halogenated alkanes) is 5. The molecule has 0 aromatic heterocycles. The van der Waals surface area contributed by atoms with Crippen LogP contribution in [0.25, 0.3) is 0 Å². The van der Waals surface area contributed by atoms with Crippen LogP contribution in [0.1, 0.15) is 61.4 Å². The molecule has 3 nitrogen and oxygen atoms in total. The number of nitrogens with one attached hydrogen (secondary N) is 1. The summed E-state index contributed by atoms with van der Waals surface area (Å²) in [7, 11) is 1.42. The molecule has 0 bridgehead atoms. The van der Waals surface area contributed by atoms with Crippen LogP contribution in [0, 0.1) is 6.92 Å². The lowest BCUT2D eigenvalue weighted by Gasteiger charge is -2.11. The molecule has 0 heterocycles. The Hall–Kier alpha value is -1.51. The normalized spacial score (nSPS) is 10.3. The molecule has 112 valence electrons. The van der Waals surface area contributed by atoms with Gasteiger partial charge in [-0.2, -0.15) is 0 Å². The predicted octanol–water partition coefficient (Wildman–Crippen LogP) is 4.55. The predicted molar refractivity (Wildman–Crippen MR) is 84.4 cm³/mol. The number of rotatable bonds is 9. The second kappa shape index (κ2) is 9.40. The Morgan fingerprint density at radius 3 is 2.55 bits per heavy atom. The number of carbonyl (C=O) groups excluding carboxylic acids is 1. The maximum Gasteiger partial charge on any atom is 0.339 e. The summed E-state index contributed by atoms with van der Waals surface area (Å²) >= 11 is 0. The Morgan fingerprint density at radius 2 is 1.85 bits per heavy atom. The van der Waals surface area contributed by atoms with Gasteiger partial charge in [-0.15, -0.1) is 0 Å². The van der Waals surface area contributed by atoms with Crippen LogP contribution in [0.2, 0.25) is 0 Å². The minimum atomic E-state index is -0.279. The lowest BCUT2D eigenvalue weighted by molar-refractivity contribution is 0.0601. The zero-order valence-corrected chi connectivity index (χ0v) is 13.0. The molecule has 0 spiro atoms. The Kier molecular flexibility index (Phi) is 7.78. The Morgan fingerprint density at radius 1 is 1.15 bits per heavy atom. The van der Waals surface area contributed by atoms with Gasteiger partial charge in [0, 0.05) is 12.2 Å². The van der Waals surface area contributed by atoms with Crippen molar-refractivity contribution in [2.45, 2.75) is 52.4 Å². The zero-order valence-electron chi connectivity index (χ0n) is 13.0. The maximum atomic E-state index is 11.7. The Labute approximate surface area is 122 Å². The number of benzene rings is 1. The summed E-state index contributed by atoms with van der Waals surface area (Å²) in [4.78, 5) is 11.7. The number of ether oxygens (including phenoxy) is 1. The fourth-order valence-corrected chi connectivity index (χ4v) is 2.22. The number of hydrogen-bond acceptors (Lipinski definition) is 3. The Balaban J connectivity index is 2.41. The SMILES string of the molecule is CCCCCCCCNc1ccc(C)cc1C(=O)OC. The van der Waals surface area contributed by atoms with Crippen molar-refractivity contribution < 1.29 is 9.53 Å². The number of carbonyl (C=O) groups is 1. The van der Waals surface area contributed by atoms with Gasteiger partial charge >= 0.3 is 5.97 Å². The average Bonchev–Trinajstić information content (AvgIpc) is 2.46. The van der Waals surface area contributed by atoms with E-state index in [9.17, 15) is 4.79 Å². The first-order valence-corrected chi connectivity index (χ1v) is 7.62. The molecule has 0 saturated heterocycles. The molecule has 3 heteroatoms. The minimum Gasteiger partial charge on any atom is -0.465 e. The van der Waals surface area contributed by atoms with Crippen molar-refractivity contribution in [3.05, 3.63) is 29.3 Å². The summed E-state index contributed by atoms with van der Waals surface area (Å²) in [6, 6.07) is 5.84. The molecule has 0 saturated carbocycles. The number of esters is 1. The van der Waals surface area contributed by atoms with Crippen LogP contribution in [0.4, 0.5) is 5.69 Å². The van der Waals surface area contributed by atoms with E-state index in [1.165, 1.54) is 39.2 Å². The van der Waals surface area contributed by atoms with Gasteiger partial charge in [0.15, 0.2) is 0 Å². The van der Waals surface area contributed by atoms with Crippen molar-refractivity contribution in [2.75, 3.05) is 19.0 Å². The minimum absolute atomic E-state index is 0.279. The molecule has 0 radical (unpaired) electrons. The van der Waals surface area contributed by atoms with Crippen LogP contribution in [-0.4, -0.2) is 19.6 Å². The summed E-state index contributed by atoms with van der Waals surface area (Å²) in [6.07, 6.45) is 7.62. The standard InChI is InChI=1S/C17H27NO2/c1-4-5-6-7-8-9-12-18-16-11-10-14(2)13-15(16)17(19)20-3/h10-11,13,18H,4-9,12H2,1-3H3. The molecule has 1 rings (SSSR count). The van der Waals surface area contributed by atoms with Gasteiger partial charge < -0.3 is 10.1 Å². The van der Waals surface area contributed by atoms with E-state index in [0.717, 1.165) is 24.2 Å². The molecule has 0 unspecified atom stereocenters. The lowest BCUT2D eigenvalue weighted by atomic mass is 10.1. The summed E-state index contributed by atoms with van der Waals surface area (Å²) in [6.45, 7) is 5.11. The van der Waals surface area contributed by atoms with Crippen molar-refractivity contribution in [2.24, 2.45) is 0 Å². The van der Waals surface area contributed by atoms with Gasteiger partial charge in [-0.05, 0) is 25.5 Å². The van der Waals surface area contributed by atoms with Gasteiger partial charge in [0.2, 0.25) is 0 Å². The number of methoxy groups -OCH3 is 1. The van der Waals surface area contributed by atoms with E-state index >= 15 is 0 Å². The van der Waals surface area contributed by atoms with Gasteiger partial charge in [0.25, 0.3) is 0 Å². The molecule has 1 N–H and O–H groups in total. The van der Waals surface area contributed by atoms with Crippen LogP contribution in [0.5, 0.6) is 0 Å². The van der Waals surface area contributed by atoms with Crippen LogP contribution in [-0.2, 0) is 4.74 Å². The van der Waals surface area contributed by atoms with Gasteiger partial charge in [0.05, 0.1) is 12.7 Å². The highest BCUT2D eigenvalue weighted by Gasteiger charge is 2.11. The van der Waals surface area contributed by atoms with Gasteiger partial charge in [0.1, 0.15) is 0 Å². The van der Waals surface area contributed by atoms with Crippen molar-refractivity contribution in [1.82, 2.24) is 0 Å². The lowest BCUT2D eigenvalue weighted by Crippen LogP contribution is -2.09. The largest absolute Gasteiger partial charge is 0.465 e. The first-order valence-electron chi connectivity index (χ1n) is 7.62. The Bertz CT molecular complexity index is 415. The highest BCUT2D eigenvalue weighted by molar-refractivity contribution is 5.95. The first kappa shape index (κ1) is 16.5. The zero-order chi connectivity index (χ0) is 14.8. The van der Waals surface area contributed by atoms with E-state index in [1.807, 2.05) is 25.1 Å². The van der Waals surface area contributed by atoms with Crippen LogP contribution in [0.15, 0.2) is 18.2 Å².